The fourth-order valence-electron chi connectivity index (χ4n) is 7.54. The quantitative estimate of drug-likeness (QED) is 0.135. The van der Waals surface area contributed by atoms with E-state index in [0.29, 0.717) is 6.04 Å². The SMILES string of the molecule is CCCCc1ccc(N(Cc2ccccc2-c2cc(C)c(C)c(C)c2)C2CCN(Cc3ccnc(-c4cc(C)c(C)c(C)c4)c3)CC2)cc1.Cl.Cl. The number of hydrogen-bond acceptors (Lipinski definition) is 3. The van der Waals surface area contributed by atoms with Crippen molar-refractivity contribution < 1.29 is 0 Å². The molecule has 5 heteroatoms. The first kappa shape index (κ1) is 40.1. The lowest BCUT2D eigenvalue weighted by molar-refractivity contribution is 0.201. The number of aromatic nitrogens is 1. The smallest absolute Gasteiger partial charge is 0.0705 e. The van der Waals surface area contributed by atoms with Crippen LogP contribution < -0.4 is 4.90 Å². The van der Waals surface area contributed by atoms with Crippen LogP contribution in [0.1, 0.15) is 82.7 Å². The molecule has 0 unspecified atom stereocenters. The van der Waals surface area contributed by atoms with Gasteiger partial charge in [-0.1, -0.05) is 61.9 Å². The van der Waals surface area contributed by atoms with Gasteiger partial charge in [-0.05, 0) is 165 Å². The number of likely N-dealkylation sites (tertiary alicyclic amines) is 1. The van der Waals surface area contributed by atoms with Crippen LogP contribution in [0.15, 0.2) is 91.1 Å². The zero-order chi connectivity index (χ0) is 34.5. The van der Waals surface area contributed by atoms with Gasteiger partial charge in [0, 0.05) is 49.7 Å². The zero-order valence-corrected chi connectivity index (χ0v) is 33.4. The maximum absolute atomic E-state index is 4.76. The van der Waals surface area contributed by atoms with E-state index in [1.807, 2.05) is 6.20 Å². The number of anilines is 1. The van der Waals surface area contributed by atoms with Crippen molar-refractivity contribution in [2.24, 2.45) is 0 Å². The number of unbranched alkanes of at least 4 members (excludes halogenated alkanes) is 1. The van der Waals surface area contributed by atoms with Gasteiger partial charge in [-0.15, -0.1) is 24.8 Å². The highest BCUT2D eigenvalue weighted by molar-refractivity contribution is 5.85. The summed E-state index contributed by atoms with van der Waals surface area (Å²) in [5, 5.41) is 0. The summed E-state index contributed by atoms with van der Waals surface area (Å²) in [5.41, 5.74) is 18.6. The fourth-order valence-corrected chi connectivity index (χ4v) is 7.54. The predicted octanol–water partition coefficient (Wildman–Crippen LogP) is 12.1. The lowest BCUT2D eigenvalue weighted by atomic mass is 9.93. The molecule has 270 valence electrons. The number of halogens is 2. The minimum Gasteiger partial charge on any atom is -0.364 e. The molecule has 0 amide bonds. The van der Waals surface area contributed by atoms with Crippen LogP contribution in [0.4, 0.5) is 5.69 Å². The molecular formula is C46H57Cl2N3. The van der Waals surface area contributed by atoms with Crippen LogP contribution in [-0.2, 0) is 19.5 Å². The van der Waals surface area contributed by atoms with Crippen molar-refractivity contribution in [2.75, 3.05) is 18.0 Å². The Morgan fingerprint density at radius 1 is 0.686 bits per heavy atom. The van der Waals surface area contributed by atoms with Gasteiger partial charge < -0.3 is 4.90 Å². The number of hydrogen-bond donors (Lipinski definition) is 0. The summed E-state index contributed by atoms with van der Waals surface area (Å²) in [4.78, 5) is 10.1. The third kappa shape index (κ3) is 9.63. The molecule has 0 radical (unpaired) electrons. The first-order valence-electron chi connectivity index (χ1n) is 18.5. The van der Waals surface area contributed by atoms with Crippen LogP contribution >= 0.6 is 24.8 Å². The molecule has 0 saturated carbocycles. The molecule has 0 N–H and O–H groups in total. The van der Waals surface area contributed by atoms with Gasteiger partial charge in [-0.2, -0.15) is 0 Å². The van der Waals surface area contributed by atoms with Gasteiger partial charge >= 0.3 is 0 Å². The summed E-state index contributed by atoms with van der Waals surface area (Å²) in [5.74, 6) is 0. The highest BCUT2D eigenvalue weighted by Gasteiger charge is 2.26. The second-order valence-electron chi connectivity index (χ2n) is 14.6. The molecule has 1 fully saturated rings. The summed E-state index contributed by atoms with van der Waals surface area (Å²) < 4.78 is 0. The Kier molecular flexibility index (Phi) is 14.3. The van der Waals surface area contributed by atoms with Crippen molar-refractivity contribution in [2.45, 2.75) is 99.7 Å². The van der Waals surface area contributed by atoms with E-state index in [2.05, 4.69) is 143 Å². The maximum Gasteiger partial charge on any atom is 0.0705 e. The van der Waals surface area contributed by atoms with E-state index < -0.39 is 0 Å². The van der Waals surface area contributed by atoms with E-state index in [1.54, 1.807) is 0 Å². The van der Waals surface area contributed by atoms with E-state index in [1.165, 1.54) is 85.3 Å². The molecule has 1 saturated heterocycles. The third-order valence-electron chi connectivity index (χ3n) is 11.1. The molecule has 6 rings (SSSR count). The summed E-state index contributed by atoms with van der Waals surface area (Å²) >= 11 is 0. The van der Waals surface area contributed by atoms with Crippen LogP contribution in [-0.4, -0.2) is 29.0 Å². The molecule has 0 bridgehead atoms. The largest absolute Gasteiger partial charge is 0.364 e. The minimum atomic E-state index is 0. The lowest BCUT2D eigenvalue weighted by Gasteiger charge is -2.40. The van der Waals surface area contributed by atoms with E-state index in [9.17, 15) is 0 Å². The first-order chi connectivity index (χ1) is 23.7. The fraction of sp³-hybridized carbons (Fsp3) is 0.370. The van der Waals surface area contributed by atoms with Crippen molar-refractivity contribution >= 4 is 30.5 Å². The van der Waals surface area contributed by atoms with Crippen molar-refractivity contribution in [1.29, 1.82) is 0 Å². The monoisotopic (exact) mass is 721 g/mol. The minimum absolute atomic E-state index is 0. The molecule has 1 aliphatic heterocycles. The van der Waals surface area contributed by atoms with Crippen molar-refractivity contribution in [3.63, 3.8) is 0 Å². The molecule has 51 heavy (non-hydrogen) atoms. The Balaban J connectivity index is 0.00000292. The van der Waals surface area contributed by atoms with Crippen LogP contribution in [0.3, 0.4) is 0 Å². The maximum atomic E-state index is 4.76. The average Bonchev–Trinajstić information content (AvgIpc) is 3.11. The lowest BCUT2D eigenvalue weighted by Crippen LogP contribution is -2.44. The van der Waals surface area contributed by atoms with Gasteiger partial charge in [0.05, 0.1) is 5.69 Å². The molecule has 0 aliphatic carbocycles. The average molecular weight is 723 g/mol. The van der Waals surface area contributed by atoms with Gasteiger partial charge in [-0.25, -0.2) is 0 Å². The van der Waals surface area contributed by atoms with Gasteiger partial charge in [0.1, 0.15) is 0 Å². The Hall–Kier alpha value is -3.63. The van der Waals surface area contributed by atoms with Crippen LogP contribution in [0, 0.1) is 41.5 Å². The molecule has 1 aromatic heterocycles. The number of nitrogens with zero attached hydrogens (tertiary/aromatic N) is 3. The number of rotatable bonds is 11. The number of aryl methyl sites for hydroxylation is 5. The molecule has 0 atom stereocenters. The second-order valence-corrected chi connectivity index (χ2v) is 14.6. The Labute approximate surface area is 320 Å². The van der Waals surface area contributed by atoms with Gasteiger partial charge in [0.15, 0.2) is 0 Å². The number of pyridine rings is 1. The molecule has 3 nitrogen and oxygen atoms in total. The highest BCUT2D eigenvalue weighted by atomic mass is 35.5. The molecule has 2 heterocycles. The topological polar surface area (TPSA) is 19.4 Å². The molecule has 1 aliphatic rings. The predicted molar refractivity (Wildman–Crippen MR) is 224 cm³/mol. The molecular weight excluding hydrogens is 665 g/mol. The van der Waals surface area contributed by atoms with Gasteiger partial charge in [0.25, 0.3) is 0 Å². The standard InChI is InChI=1S/C46H55N3.2ClH/c1-8-9-12-38-15-17-43(18-16-38)49(31-40-13-10-11-14-45(40)41-25-32(2)36(6)33(3)26-41)44-20-23-48(24-21-44)30-39-19-22-47-46(29-39)42-27-34(4)37(7)35(5)28-42;;/h10-11,13-19,22,25-29,44H,8-9,12,20-21,23-24,30-31H2,1-7H3;2*1H. The molecule has 5 aromatic rings. The first-order valence-corrected chi connectivity index (χ1v) is 18.5. The van der Waals surface area contributed by atoms with Crippen LogP contribution in [0.25, 0.3) is 22.4 Å². The van der Waals surface area contributed by atoms with Gasteiger partial charge in [0.2, 0.25) is 0 Å². The number of piperidine rings is 1. The Morgan fingerprint density at radius 3 is 1.88 bits per heavy atom. The molecule has 0 spiro atoms. The molecule has 4 aromatic carbocycles. The van der Waals surface area contributed by atoms with Crippen molar-refractivity contribution in [3.8, 4) is 22.4 Å². The van der Waals surface area contributed by atoms with Crippen LogP contribution in [0.2, 0.25) is 0 Å². The Bertz CT molecular complexity index is 1840. The van der Waals surface area contributed by atoms with E-state index >= 15 is 0 Å². The summed E-state index contributed by atoms with van der Waals surface area (Å²) in [6, 6.07) is 32.8. The van der Waals surface area contributed by atoms with E-state index in [0.717, 1.165) is 51.1 Å². The van der Waals surface area contributed by atoms with Crippen molar-refractivity contribution in [3.05, 3.63) is 141 Å². The van der Waals surface area contributed by atoms with Crippen molar-refractivity contribution in [1.82, 2.24) is 9.88 Å². The Morgan fingerprint density at radius 2 is 1.27 bits per heavy atom. The highest BCUT2D eigenvalue weighted by Crippen LogP contribution is 2.33. The number of benzene rings is 4. The summed E-state index contributed by atoms with van der Waals surface area (Å²) in [6.45, 7) is 19.7. The normalized spacial score (nSPS) is 13.4. The third-order valence-corrected chi connectivity index (χ3v) is 11.1. The zero-order valence-electron chi connectivity index (χ0n) is 31.8. The van der Waals surface area contributed by atoms with E-state index in [-0.39, 0.29) is 24.8 Å². The summed E-state index contributed by atoms with van der Waals surface area (Å²) in [7, 11) is 0. The van der Waals surface area contributed by atoms with Gasteiger partial charge in [-0.3, -0.25) is 9.88 Å². The van der Waals surface area contributed by atoms with E-state index in [4.69, 9.17) is 4.98 Å². The second kappa shape index (κ2) is 18.2. The summed E-state index contributed by atoms with van der Waals surface area (Å²) in [6.07, 6.45) is 7.92. The van der Waals surface area contributed by atoms with Crippen LogP contribution in [0.5, 0.6) is 0 Å².